The van der Waals surface area contributed by atoms with Crippen molar-refractivity contribution in [3.63, 3.8) is 0 Å². The van der Waals surface area contributed by atoms with Crippen molar-refractivity contribution in [2.24, 2.45) is 0 Å². The van der Waals surface area contributed by atoms with Crippen LogP contribution in [0.15, 0.2) is 59.4 Å². The first-order valence-corrected chi connectivity index (χ1v) is 8.54. The Morgan fingerprint density at radius 1 is 1.17 bits per heavy atom. The summed E-state index contributed by atoms with van der Waals surface area (Å²) in [5.74, 6) is -0.000723. The van der Waals surface area contributed by atoms with Gasteiger partial charge in [0, 0.05) is 29.3 Å². The number of H-pyrrole nitrogens is 1. The highest BCUT2D eigenvalue weighted by Crippen LogP contribution is 2.19. The summed E-state index contributed by atoms with van der Waals surface area (Å²) in [5, 5.41) is 17.8. The minimum Gasteiger partial charge on any atom is -0.306 e. The van der Waals surface area contributed by atoms with Crippen LogP contribution in [0.5, 0.6) is 0 Å². The third-order valence-corrected chi connectivity index (χ3v) is 4.21. The molecule has 0 saturated heterocycles. The van der Waals surface area contributed by atoms with Gasteiger partial charge in [-0.1, -0.05) is 35.9 Å². The molecule has 10 heteroatoms. The Balaban J connectivity index is 1.72. The average Bonchev–Trinajstić information content (AvgIpc) is 3.12. The minimum atomic E-state index is -0.618. The number of non-ortho nitro benzene ring substituents is 1. The third kappa shape index (κ3) is 3.58. The van der Waals surface area contributed by atoms with Crippen molar-refractivity contribution >= 4 is 23.2 Å². The Morgan fingerprint density at radius 3 is 2.66 bits per heavy atom. The number of fused-ring (bicyclic) bond motifs is 1. The van der Waals surface area contributed by atoms with Crippen molar-refractivity contribution in [1.29, 1.82) is 0 Å². The molecule has 0 unspecified atom stereocenters. The van der Waals surface area contributed by atoms with E-state index in [1.807, 2.05) is 31.2 Å². The van der Waals surface area contributed by atoms with Crippen molar-refractivity contribution in [3.8, 4) is 11.4 Å². The molecule has 0 bridgehead atoms. The second kappa shape index (κ2) is 7.00. The van der Waals surface area contributed by atoms with Gasteiger partial charge in [-0.25, -0.2) is 0 Å². The summed E-state index contributed by atoms with van der Waals surface area (Å²) in [6, 6.07) is 14.0. The molecule has 10 nitrogen and oxygen atoms in total. The van der Waals surface area contributed by atoms with E-state index in [2.05, 4.69) is 20.4 Å². The summed E-state index contributed by atoms with van der Waals surface area (Å²) in [7, 11) is 0. The zero-order valence-corrected chi connectivity index (χ0v) is 15.1. The fourth-order valence-corrected chi connectivity index (χ4v) is 2.76. The summed E-state index contributed by atoms with van der Waals surface area (Å²) >= 11 is 0. The van der Waals surface area contributed by atoms with E-state index in [0.717, 1.165) is 23.3 Å². The SMILES string of the molecule is Cc1ccc(-c2nc3[nH]c(=O)cc(NC(=O)c4cccc([N+](=O)[O-])c4)n3n2)cc1. The molecule has 0 spiro atoms. The minimum absolute atomic E-state index is 0.0755. The van der Waals surface area contributed by atoms with E-state index in [1.165, 1.54) is 22.7 Å². The lowest BCUT2D eigenvalue weighted by Gasteiger charge is -2.06. The predicted molar refractivity (Wildman–Crippen MR) is 105 cm³/mol. The van der Waals surface area contributed by atoms with Gasteiger partial charge in [-0.05, 0) is 13.0 Å². The summed E-state index contributed by atoms with van der Waals surface area (Å²) in [6.07, 6.45) is 0. The quantitative estimate of drug-likeness (QED) is 0.406. The van der Waals surface area contributed by atoms with Gasteiger partial charge < -0.3 is 5.32 Å². The largest absolute Gasteiger partial charge is 0.306 e. The number of carbonyl (C=O) groups is 1. The molecule has 0 fully saturated rings. The molecule has 2 heterocycles. The van der Waals surface area contributed by atoms with Gasteiger partial charge in [0.2, 0.25) is 5.78 Å². The van der Waals surface area contributed by atoms with E-state index in [4.69, 9.17) is 0 Å². The van der Waals surface area contributed by atoms with Gasteiger partial charge in [-0.15, -0.1) is 5.10 Å². The van der Waals surface area contributed by atoms with Crippen LogP contribution in [-0.2, 0) is 0 Å². The number of hydrogen-bond donors (Lipinski definition) is 2. The number of rotatable bonds is 4. The van der Waals surface area contributed by atoms with Gasteiger partial charge in [0.1, 0.15) is 5.82 Å². The monoisotopic (exact) mass is 390 g/mol. The number of benzene rings is 2. The van der Waals surface area contributed by atoms with E-state index in [-0.39, 0.29) is 22.8 Å². The van der Waals surface area contributed by atoms with Crippen LogP contribution in [0.3, 0.4) is 0 Å². The molecule has 1 amide bonds. The molecule has 4 aromatic rings. The number of nitro groups is 1. The molecular weight excluding hydrogens is 376 g/mol. The van der Waals surface area contributed by atoms with Gasteiger partial charge >= 0.3 is 0 Å². The molecule has 2 aromatic carbocycles. The predicted octanol–water partition coefficient (Wildman–Crippen LogP) is 2.55. The van der Waals surface area contributed by atoms with Gasteiger partial charge in [-0.2, -0.15) is 9.50 Å². The summed E-state index contributed by atoms with van der Waals surface area (Å²) in [6.45, 7) is 1.96. The maximum absolute atomic E-state index is 12.6. The summed E-state index contributed by atoms with van der Waals surface area (Å²) in [5.41, 5.74) is 1.21. The van der Waals surface area contributed by atoms with E-state index in [1.54, 1.807) is 0 Å². The number of hydrogen-bond acceptors (Lipinski definition) is 6. The molecule has 0 atom stereocenters. The Hall–Kier alpha value is -4.34. The Bertz CT molecular complexity index is 1310. The number of aromatic nitrogens is 4. The zero-order valence-electron chi connectivity index (χ0n) is 15.1. The first-order chi connectivity index (χ1) is 13.9. The molecule has 29 heavy (non-hydrogen) atoms. The average molecular weight is 390 g/mol. The van der Waals surface area contributed by atoms with Gasteiger partial charge in [0.25, 0.3) is 17.2 Å². The van der Waals surface area contributed by atoms with Gasteiger partial charge in [-0.3, -0.25) is 24.7 Å². The summed E-state index contributed by atoms with van der Waals surface area (Å²) < 4.78 is 1.30. The maximum Gasteiger partial charge on any atom is 0.270 e. The third-order valence-electron chi connectivity index (χ3n) is 4.21. The van der Waals surface area contributed by atoms with Crippen LogP contribution in [0.25, 0.3) is 17.2 Å². The van der Waals surface area contributed by atoms with Gasteiger partial charge in [0.15, 0.2) is 5.82 Å². The number of aromatic amines is 1. The first-order valence-electron chi connectivity index (χ1n) is 8.54. The maximum atomic E-state index is 12.6. The van der Waals surface area contributed by atoms with E-state index in [0.29, 0.717) is 5.82 Å². The second-order valence-electron chi connectivity index (χ2n) is 6.32. The van der Waals surface area contributed by atoms with Crippen LogP contribution in [-0.4, -0.2) is 30.4 Å². The Kier molecular flexibility index (Phi) is 4.36. The standard InChI is InChI=1S/C19H14N6O4/c1-11-5-7-12(8-6-11)17-22-19-21-16(26)10-15(24(19)23-17)20-18(27)13-3-2-4-14(9-13)25(28)29/h2-10H,1H3,(H,20,27)(H,21,22,23,26). The van der Waals surface area contributed by atoms with Crippen molar-refractivity contribution < 1.29 is 9.72 Å². The van der Waals surface area contributed by atoms with Crippen molar-refractivity contribution in [2.45, 2.75) is 6.92 Å². The van der Waals surface area contributed by atoms with E-state index >= 15 is 0 Å². The molecular formula is C19H14N6O4. The van der Waals surface area contributed by atoms with Crippen molar-refractivity contribution in [1.82, 2.24) is 19.6 Å². The molecule has 0 aliphatic carbocycles. The lowest BCUT2D eigenvalue weighted by atomic mass is 10.1. The smallest absolute Gasteiger partial charge is 0.270 e. The normalized spacial score (nSPS) is 10.8. The highest BCUT2D eigenvalue weighted by Gasteiger charge is 2.16. The molecule has 4 rings (SSSR count). The molecule has 0 radical (unpaired) electrons. The Morgan fingerprint density at radius 2 is 1.93 bits per heavy atom. The molecule has 0 saturated carbocycles. The zero-order chi connectivity index (χ0) is 20.5. The fraction of sp³-hybridized carbons (Fsp3) is 0.0526. The lowest BCUT2D eigenvalue weighted by molar-refractivity contribution is -0.384. The lowest BCUT2D eigenvalue weighted by Crippen LogP contribution is -2.18. The Labute approximate surface area is 163 Å². The van der Waals surface area contributed by atoms with Crippen LogP contribution in [0.2, 0.25) is 0 Å². The van der Waals surface area contributed by atoms with Gasteiger partial charge in [0.05, 0.1) is 4.92 Å². The van der Waals surface area contributed by atoms with E-state index < -0.39 is 16.4 Å². The number of nitrogens with one attached hydrogen (secondary N) is 2. The number of carbonyl (C=O) groups excluding carboxylic acids is 1. The first kappa shape index (κ1) is 18.0. The van der Waals surface area contributed by atoms with Crippen LogP contribution in [0, 0.1) is 17.0 Å². The molecule has 144 valence electrons. The molecule has 0 aliphatic heterocycles. The van der Waals surface area contributed by atoms with E-state index in [9.17, 15) is 19.7 Å². The van der Waals surface area contributed by atoms with Crippen LogP contribution in [0.4, 0.5) is 11.5 Å². The molecule has 0 aliphatic rings. The fourth-order valence-electron chi connectivity index (χ4n) is 2.76. The highest BCUT2D eigenvalue weighted by atomic mass is 16.6. The van der Waals surface area contributed by atoms with Crippen molar-refractivity contribution in [3.05, 3.63) is 86.2 Å². The summed E-state index contributed by atoms with van der Waals surface area (Å²) in [4.78, 5) is 41.7. The van der Waals surface area contributed by atoms with Crippen molar-refractivity contribution in [2.75, 3.05) is 5.32 Å². The number of nitro benzene ring substituents is 1. The number of nitrogens with zero attached hydrogens (tertiary/aromatic N) is 4. The van der Waals surface area contributed by atoms with Crippen LogP contribution < -0.4 is 10.9 Å². The number of amides is 1. The highest BCUT2D eigenvalue weighted by molar-refractivity contribution is 6.04. The van der Waals surface area contributed by atoms with Crippen LogP contribution in [0.1, 0.15) is 15.9 Å². The molecule has 2 N–H and O–H groups in total. The van der Waals surface area contributed by atoms with Crippen LogP contribution >= 0.6 is 0 Å². The molecule has 2 aromatic heterocycles. The number of anilines is 1. The number of aryl methyl sites for hydroxylation is 1. The topological polar surface area (TPSA) is 135 Å². The second-order valence-corrected chi connectivity index (χ2v) is 6.32.